The van der Waals surface area contributed by atoms with Gasteiger partial charge in [0.05, 0.1) is 11.4 Å². The van der Waals surface area contributed by atoms with Crippen molar-refractivity contribution in [2.24, 2.45) is 0 Å². The molecule has 1 aliphatic rings. The van der Waals surface area contributed by atoms with Crippen molar-refractivity contribution in [3.63, 3.8) is 0 Å². The lowest BCUT2D eigenvalue weighted by Gasteiger charge is -2.24. The first-order valence-corrected chi connectivity index (χ1v) is 13.3. The van der Waals surface area contributed by atoms with Crippen molar-refractivity contribution in [1.82, 2.24) is 15.0 Å². The zero-order chi connectivity index (χ0) is 26.8. The van der Waals surface area contributed by atoms with E-state index >= 15 is 4.39 Å². The molecule has 198 valence electrons. The normalized spacial score (nSPS) is 14.2. The molecule has 0 amide bonds. The standard InChI is InChI=1S/C25H25F5N4O2S/c1-25(29,30)21-11-7-18(12-31-21)13-34(19-8-9-19)23-22(26)20(32-15-33-23)10-6-16-2-4-17(5-3-16)14-37(35,36)24(27)28/h2-5,7,11-12,15,19,24H,6,8-10,13-14H2,1H3. The van der Waals surface area contributed by atoms with E-state index in [1.165, 1.54) is 30.7 Å². The number of pyridine rings is 1. The molecule has 0 radical (unpaired) electrons. The molecule has 0 spiro atoms. The maximum absolute atomic E-state index is 15.4. The molecule has 6 nitrogen and oxygen atoms in total. The first-order valence-electron chi connectivity index (χ1n) is 11.6. The van der Waals surface area contributed by atoms with Gasteiger partial charge < -0.3 is 4.90 Å². The van der Waals surface area contributed by atoms with E-state index in [-0.39, 0.29) is 41.8 Å². The average Bonchev–Trinajstić information content (AvgIpc) is 3.68. The lowest BCUT2D eigenvalue weighted by Crippen LogP contribution is -2.28. The minimum atomic E-state index is -4.51. The Morgan fingerprint density at radius 3 is 2.19 bits per heavy atom. The summed E-state index contributed by atoms with van der Waals surface area (Å²) in [4.78, 5) is 13.9. The van der Waals surface area contributed by atoms with Crippen LogP contribution in [0.4, 0.5) is 27.8 Å². The van der Waals surface area contributed by atoms with Crippen LogP contribution >= 0.6 is 0 Å². The minimum Gasteiger partial charge on any atom is -0.347 e. The molecular weight excluding hydrogens is 515 g/mol. The predicted molar refractivity (Wildman–Crippen MR) is 127 cm³/mol. The van der Waals surface area contributed by atoms with E-state index in [2.05, 4.69) is 15.0 Å². The van der Waals surface area contributed by atoms with Gasteiger partial charge >= 0.3 is 5.76 Å². The Labute approximate surface area is 211 Å². The molecule has 12 heteroatoms. The third-order valence-corrected chi connectivity index (χ3v) is 7.32. The van der Waals surface area contributed by atoms with Crippen LogP contribution in [-0.4, -0.2) is 35.2 Å². The molecule has 37 heavy (non-hydrogen) atoms. The lowest BCUT2D eigenvalue weighted by atomic mass is 10.1. The Bertz CT molecular complexity index is 1330. The molecule has 4 rings (SSSR count). The van der Waals surface area contributed by atoms with E-state index < -0.39 is 33.1 Å². The van der Waals surface area contributed by atoms with Crippen molar-refractivity contribution in [1.29, 1.82) is 0 Å². The van der Waals surface area contributed by atoms with Crippen molar-refractivity contribution in [3.8, 4) is 0 Å². The Morgan fingerprint density at radius 2 is 1.62 bits per heavy atom. The van der Waals surface area contributed by atoms with Crippen LogP contribution in [0.2, 0.25) is 0 Å². The number of sulfone groups is 1. The second-order valence-electron chi connectivity index (χ2n) is 9.14. The zero-order valence-corrected chi connectivity index (χ0v) is 20.7. The molecule has 1 aromatic carbocycles. The van der Waals surface area contributed by atoms with Gasteiger partial charge in [0.15, 0.2) is 11.6 Å². The van der Waals surface area contributed by atoms with Gasteiger partial charge in [0.25, 0.3) is 5.92 Å². The summed E-state index contributed by atoms with van der Waals surface area (Å²) in [5, 5.41) is 0. The second-order valence-corrected chi connectivity index (χ2v) is 11.1. The number of nitrogens with zero attached hydrogens (tertiary/aromatic N) is 4. The SMILES string of the molecule is CC(F)(F)c1ccc(CN(c2ncnc(CCc3ccc(CS(=O)(=O)C(F)F)cc3)c2F)C2CC2)cn1. The fraction of sp³-hybridized carbons (Fsp3) is 0.400. The summed E-state index contributed by atoms with van der Waals surface area (Å²) >= 11 is 0. The third kappa shape index (κ3) is 6.79. The Balaban J connectivity index is 1.45. The molecule has 0 unspecified atom stereocenters. The molecule has 1 fully saturated rings. The van der Waals surface area contributed by atoms with E-state index in [0.717, 1.165) is 25.3 Å². The fourth-order valence-corrected chi connectivity index (χ4v) is 4.65. The smallest absolute Gasteiger partial charge is 0.337 e. The molecule has 1 aliphatic carbocycles. The number of aromatic nitrogens is 3. The molecule has 2 aromatic heterocycles. The van der Waals surface area contributed by atoms with Gasteiger partial charge in [0.1, 0.15) is 12.0 Å². The van der Waals surface area contributed by atoms with Crippen molar-refractivity contribution in [3.05, 3.63) is 82.8 Å². The largest absolute Gasteiger partial charge is 0.347 e. The quantitative estimate of drug-likeness (QED) is 0.311. The highest BCUT2D eigenvalue weighted by Gasteiger charge is 2.33. The second kappa shape index (κ2) is 10.7. The molecule has 2 heterocycles. The van der Waals surface area contributed by atoms with Crippen LogP contribution < -0.4 is 4.90 Å². The van der Waals surface area contributed by atoms with Gasteiger partial charge in [-0.2, -0.15) is 17.6 Å². The summed E-state index contributed by atoms with van der Waals surface area (Å²) in [7, 11) is -4.51. The minimum absolute atomic E-state index is 0.0709. The van der Waals surface area contributed by atoms with Crippen LogP contribution in [0.1, 0.15) is 47.8 Å². The monoisotopic (exact) mass is 540 g/mol. The summed E-state index contributed by atoms with van der Waals surface area (Å²) < 4.78 is 90.3. The Kier molecular flexibility index (Phi) is 7.77. The number of anilines is 1. The van der Waals surface area contributed by atoms with Crippen molar-refractivity contribution in [2.45, 2.75) is 62.6 Å². The van der Waals surface area contributed by atoms with Crippen LogP contribution in [0.15, 0.2) is 48.9 Å². The summed E-state index contributed by atoms with van der Waals surface area (Å²) in [5.41, 5.74) is 1.50. The average molecular weight is 541 g/mol. The molecule has 1 saturated carbocycles. The van der Waals surface area contributed by atoms with Crippen molar-refractivity contribution < 1.29 is 30.4 Å². The van der Waals surface area contributed by atoms with Gasteiger partial charge in [-0.1, -0.05) is 30.3 Å². The fourth-order valence-electron chi connectivity index (χ4n) is 3.87. The summed E-state index contributed by atoms with van der Waals surface area (Å²) in [6, 6.07) is 9.02. The summed E-state index contributed by atoms with van der Waals surface area (Å²) in [5.74, 6) is -7.69. The first kappa shape index (κ1) is 26.9. The molecule has 0 saturated heterocycles. The molecule has 3 aromatic rings. The number of hydrogen-bond acceptors (Lipinski definition) is 6. The molecular formula is C25H25F5N4O2S. The first-order chi connectivity index (χ1) is 17.4. The van der Waals surface area contributed by atoms with Crippen molar-refractivity contribution in [2.75, 3.05) is 4.90 Å². The zero-order valence-electron chi connectivity index (χ0n) is 19.9. The molecule has 0 N–H and O–H groups in total. The van der Waals surface area contributed by atoms with E-state index in [9.17, 15) is 26.0 Å². The molecule has 0 aliphatic heterocycles. The number of benzene rings is 1. The van der Waals surface area contributed by atoms with Gasteiger partial charge in [-0.05, 0) is 48.4 Å². The highest BCUT2D eigenvalue weighted by molar-refractivity contribution is 7.90. The van der Waals surface area contributed by atoms with Crippen LogP contribution in [-0.2, 0) is 40.9 Å². The summed E-state index contributed by atoms with van der Waals surface area (Å²) in [6.45, 7) is 1.03. The van der Waals surface area contributed by atoms with Crippen LogP contribution in [0.3, 0.4) is 0 Å². The third-order valence-electron chi connectivity index (χ3n) is 6.04. The highest BCUT2D eigenvalue weighted by Crippen LogP contribution is 2.34. The summed E-state index contributed by atoms with van der Waals surface area (Å²) in [6.07, 6.45) is 4.96. The number of halogens is 5. The predicted octanol–water partition coefficient (Wildman–Crippen LogP) is 5.21. The van der Waals surface area contributed by atoms with Crippen LogP contribution in [0.25, 0.3) is 0 Å². The van der Waals surface area contributed by atoms with Crippen molar-refractivity contribution >= 4 is 15.7 Å². The lowest BCUT2D eigenvalue weighted by molar-refractivity contribution is 0.0127. The number of aryl methyl sites for hydroxylation is 2. The van der Waals surface area contributed by atoms with Gasteiger partial charge in [-0.15, -0.1) is 0 Å². The van der Waals surface area contributed by atoms with E-state index in [4.69, 9.17) is 0 Å². The van der Waals surface area contributed by atoms with Gasteiger partial charge in [-0.25, -0.2) is 22.8 Å². The van der Waals surface area contributed by atoms with Gasteiger partial charge in [0, 0.05) is 25.7 Å². The number of rotatable bonds is 11. The number of hydrogen-bond donors (Lipinski definition) is 0. The van der Waals surface area contributed by atoms with E-state index in [0.29, 0.717) is 12.0 Å². The maximum atomic E-state index is 15.4. The van der Waals surface area contributed by atoms with E-state index in [1.807, 2.05) is 0 Å². The maximum Gasteiger partial charge on any atom is 0.337 e. The van der Waals surface area contributed by atoms with Gasteiger partial charge in [-0.3, -0.25) is 4.98 Å². The van der Waals surface area contributed by atoms with Gasteiger partial charge in [0.2, 0.25) is 9.84 Å². The Morgan fingerprint density at radius 1 is 0.973 bits per heavy atom. The number of alkyl halides is 4. The topological polar surface area (TPSA) is 76.1 Å². The molecule has 0 atom stereocenters. The molecule has 0 bridgehead atoms. The Hall–Kier alpha value is -3.15. The highest BCUT2D eigenvalue weighted by atomic mass is 32.2. The van der Waals surface area contributed by atoms with Crippen LogP contribution in [0.5, 0.6) is 0 Å². The van der Waals surface area contributed by atoms with Crippen LogP contribution in [0, 0.1) is 5.82 Å². The van der Waals surface area contributed by atoms with E-state index in [1.54, 1.807) is 23.1 Å².